The van der Waals surface area contributed by atoms with Gasteiger partial charge in [0.2, 0.25) is 0 Å². The third kappa shape index (κ3) is 3.83. The Hall–Kier alpha value is -4.13. The topological polar surface area (TPSA) is 84.5 Å². The third-order valence-electron chi connectivity index (χ3n) is 6.83. The Morgan fingerprint density at radius 1 is 0.971 bits per heavy atom. The van der Waals surface area contributed by atoms with Gasteiger partial charge in [-0.25, -0.2) is 0 Å². The molecule has 2 aromatic heterocycles. The lowest BCUT2D eigenvalue weighted by Gasteiger charge is -2.38. The number of aromatic nitrogens is 2. The second-order valence-electron chi connectivity index (χ2n) is 8.83. The Bertz CT molecular complexity index is 1490. The Balaban J connectivity index is 1.77. The quantitative estimate of drug-likeness (QED) is 0.481. The van der Waals surface area contributed by atoms with Crippen LogP contribution in [0, 0.1) is 13.8 Å². The molecule has 0 spiro atoms. The van der Waals surface area contributed by atoms with Crippen molar-refractivity contribution >= 4 is 16.8 Å². The first-order chi connectivity index (χ1) is 16.9. The number of rotatable bonds is 4. The van der Waals surface area contributed by atoms with E-state index in [0.717, 1.165) is 33.2 Å². The first kappa shape index (κ1) is 22.7. The van der Waals surface area contributed by atoms with E-state index in [1.807, 2.05) is 44.2 Å². The van der Waals surface area contributed by atoms with E-state index in [9.17, 15) is 9.59 Å². The summed E-state index contributed by atoms with van der Waals surface area (Å²) < 4.78 is 11.1. The van der Waals surface area contributed by atoms with E-state index in [4.69, 9.17) is 9.47 Å². The van der Waals surface area contributed by atoms with Crippen molar-refractivity contribution in [1.29, 1.82) is 0 Å². The van der Waals surface area contributed by atoms with Gasteiger partial charge in [-0.2, -0.15) is 0 Å². The van der Waals surface area contributed by atoms with Crippen LogP contribution in [0.3, 0.4) is 0 Å². The van der Waals surface area contributed by atoms with Gasteiger partial charge in [-0.15, -0.1) is 0 Å². The number of aryl methyl sites for hydroxylation is 2. The molecule has 0 saturated carbocycles. The number of aromatic amines is 1. The number of amides is 1. The molecule has 4 aromatic rings. The Labute approximate surface area is 203 Å². The summed E-state index contributed by atoms with van der Waals surface area (Å²) in [6.07, 6.45) is 3.83. The van der Waals surface area contributed by atoms with Crippen LogP contribution >= 0.6 is 0 Å². The van der Waals surface area contributed by atoms with Gasteiger partial charge in [-0.05, 0) is 72.9 Å². The van der Waals surface area contributed by atoms with Crippen LogP contribution in [0.2, 0.25) is 0 Å². The molecule has 1 amide bonds. The van der Waals surface area contributed by atoms with Crippen LogP contribution in [0.1, 0.15) is 44.2 Å². The summed E-state index contributed by atoms with van der Waals surface area (Å²) in [6, 6.07) is 12.6. The lowest BCUT2D eigenvalue weighted by Crippen LogP contribution is -2.42. The van der Waals surface area contributed by atoms with Gasteiger partial charge in [0.1, 0.15) is 0 Å². The van der Waals surface area contributed by atoms with Crippen molar-refractivity contribution in [3.8, 4) is 11.5 Å². The molecule has 1 aliphatic heterocycles. The highest BCUT2D eigenvalue weighted by molar-refractivity contribution is 5.95. The van der Waals surface area contributed by atoms with Crippen LogP contribution in [-0.4, -0.2) is 41.5 Å². The minimum Gasteiger partial charge on any atom is -0.493 e. The first-order valence-electron chi connectivity index (χ1n) is 11.5. The second kappa shape index (κ2) is 8.91. The van der Waals surface area contributed by atoms with Gasteiger partial charge >= 0.3 is 0 Å². The lowest BCUT2D eigenvalue weighted by atomic mass is 9.87. The fraction of sp³-hybridized carbons (Fsp3) is 0.250. The maximum absolute atomic E-state index is 13.7. The largest absolute Gasteiger partial charge is 0.493 e. The average molecular weight is 470 g/mol. The Morgan fingerprint density at radius 3 is 2.37 bits per heavy atom. The number of carbonyl (C=O) groups excluding carboxylic acids is 1. The zero-order chi connectivity index (χ0) is 24.7. The molecular formula is C28H27N3O4. The Morgan fingerprint density at radius 2 is 1.66 bits per heavy atom. The highest BCUT2D eigenvalue weighted by Crippen LogP contribution is 2.41. The van der Waals surface area contributed by atoms with Gasteiger partial charge in [-0.1, -0.05) is 12.1 Å². The third-order valence-corrected chi connectivity index (χ3v) is 6.83. The van der Waals surface area contributed by atoms with Crippen molar-refractivity contribution in [2.24, 2.45) is 0 Å². The fourth-order valence-electron chi connectivity index (χ4n) is 4.95. The van der Waals surface area contributed by atoms with E-state index < -0.39 is 6.04 Å². The standard InChI is InChI=1S/C28H27N3O4/c1-16-5-6-17(2)25-20(16)14-22(27(32)30-25)26-21-15-24(35-4)23(34-3)13-19(21)9-12-31(26)28(33)18-7-10-29-11-8-18/h5-8,10-11,13-15,26H,9,12H2,1-4H3,(H,30,32)/t26-/m0/s1. The molecule has 1 atom stereocenters. The molecule has 35 heavy (non-hydrogen) atoms. The maximum Gasteiger partial charge on any atom is 0.254 e. The number of pyridine rings is 2. The smallest absolute Gasteiger partial charge is 0.254 e. The van der Waals surface area contributed by atoms with Gasteiger partial charge in [0.05, 0.1) is 25.8 Å². The molecule has 1 aliphatic rings. The molecule has 5 rings (SSSR count). The molecule has 0 aliphatic carbocycles. The summed E-state index contributed by atoms with van der Waals surface area (Å²) in [5, 5.41) is 0.962. The summed E-state index contributed by atoms with van der Waals surface area (Å²) in [5.74, 6) is 1.02. The molecule has 0 unspecified atom stereocenters. The molecule has 2 aromatic carbocycles. The number of fused-ring (bicyclic) bond motifs is 2. The van der Waals surface area contributed by atoms with Crippen LogP contribution in [0.15, 0.2) is 59.7 Å². The van der Waals surface area contributed by atoms with Crippen LogP contribution in [-0.2, 0) is 6.42 Å². The number of carbonyl (C=O) groups is 1. The molecular weight excluding hydrogens is 442 g/mol. The predicted molar refractivity (Wildman–Crippen MR) is 134 cm³/mol. The van der Waals surface area contributed by atoms with E-state index in [1.165, 1.54) is 0 Å². The van der Waals surface area contributed by atoms with Crippen LogP contribution < -0.4 is 15.0 Å². The fourth-order valence-corrected chi connectivity index (χ4v) is 4.95. The SMILES string of the molecule is COc1cc2c(cc1OC)[C@@H](c1cc3c(C)ccc(C)c3[nH]c1=O)N(C(=O)c1ccncc1)CC2. The average Bonchev–Trinajstić information content (AvgIpc) is 2.89. The van der Waals surface area contributed by atoms with E-state index in [-0.39, 0.29) is 11.5 Å². The Kier molecular flexibility index (Phi) is 5.76. The van der Waals surface area contributed by atoms with Gasteiger partial charge in [0.15, 0.2) is 11.5 Å². The number of H-pyrrole nitrogens is 1. The minimum absolute atomic E-state index is 0.154. The van der Waals surface area contributed by atoms with Crippen molar-refractivity contribution in [3.05, 3.63) is 98.6 Å². The number of methoxy groups -OCH3 is 2. The summed E-state index contributed by atoms with van der Waals surface area (Å²) in [7, 11) is 3.18. The monoisotopic (exact) mass is 469 g/mol. The van der Waals surface area contributed by atoms with E-state index in [1.54, 1.807) is 43.6 Å². The number of benzene rings is 2. The first-order valence-corrected chi connectivity index (χ1v) is 11.5. The molecule has 7 nitrogen and oxygen atoms in total. The molecule has 0 bridgehead atoms. The summed E-state index contributed by atoms with van der Waals surface area (Å²) >= 11 is 0. The number of hydrogen-bond donors (Lipinski definition) is 1. The molecule has 0 fully saturated rings. The molecule has 7 heteroatoms. The van der Waals surface area contributed by atoms with Gasteiger partial charge in [-0.3, -0.25) is 14.6 Å². The predicted octanol–water partition coefficient (Wildman–Crippen LogP) is 4.35. The lowest BCUT2D eigenvalue weighted by molar-refractivity contribution is 0.0693. The van der Waals surface area contributed by atoms with Gasteiger partial charge in [0, 0.05) is 35.5 Å². The number of nitrogens with one attached hydrogen (secondary N) is 1. The van der Waals surface area contributed by atoms with Crippen molar-refractivity contribution in [2.45, 2.75) is 26.3 Å². The van der Waals surface area contributed by atoms with Crippen molar-refractivity contribution in [2.75, 3.05) is 20.8 Å². The summed E-state index contributed by atoms with van der Waals surface area (Å²) in [4.78, 5) is 36.1. The van der Waals surface area contributed by atoms with E-state index in [0.29, 0.717) is 35.6 Å². The summed E-state index contributed by atoms with van der Waals surface area (Å²) in [5.41, 5.74) is 5.56. The summed E-state index contributed by atoms with van der Waals surface area (Å²) in [6.45, 7) is 4.45. The molecule has 0 radical (unpaired) electrons. The normalized spacial score (nSPS) is 15.1. The van der Waals surface area contributed by atoms with Crippen LogP contribution in [0.4, 0.5) is 0 Å². The number of nitrogens with zero attached hydrogens (tertiary/aromatic N) is 2. The molecule has 178 valence electrons. The van der Waals surface area contributed by atoms with Gasteiger partial charge in [0.25, 0.3) is 11.5 Å². The zero-order valence-electron chi connectivity index (χ0n) is 20.2. The van der Waals surface area contributed by atoms with Gasteiger partial charge < -0.3 is 19.4 Å². The highest BCUT2D eigenvalue weighted by atomic mass is 16.5. The second-order valence-corrected chi connectivity index (χ2v) is 8.83. The van der Waals surface area contributed by atoms with Crippen molar-refractivity contribution in [1.82, 2.24) is 14.9 Å². The van der Waals surface area contributed by atoms with E-state index >= 15 is 0 Å². The molecule has 3 heterocycles. The maximum atomic E-state index is 13.7. The van der Waals surface area contributed by atoms with Crippen molar-refractivity contribution < 1.29 is 14.3 Å². The van der Waals surface area contributed by atoms with Crippen LogP contribution in [0.5, 0.6) is 11.5 Å². The molecule has 1 N–H and O–H groups in total. The highest BCUT2D eigenvalue weighted by Gasteiger charge is 2.35. The van der Waals surface area contributed by atoms with Crippen LogP contribution in [0.25, 0.3) is 10.9 Å². The number of ether oxygens (including phenoxy) is 2. The van der Waals surface area contributed by atoms with Crippen molar-refractivity contribution in [3.63, 3.8) is 0 Å². The number of hydrogen-bond acceptors (Lipinski definition) is 5. The zero-order valence-corrected chi connectivity index (χ0v) is 20.2. The minimum atomic E-state index is -0.590. The molecule has 0 saturated heterocycles. The van der Waals surface area contributed by atoms with E-state index in [2.05, 4.69) is 9.97 Å².